The van der Waals surface area contributed by atoms with Crippen LogP contribution in [0.15, 0.2) is 133 Å². The highest BCUT2D eigenvalue weighted by Crippen LogP contribution is 2.39. The standard InChI is InChI=1S/C41H28F2N4/c1-25-13-17-32-33-18-14-26(2)22-37(33)47(36(32)21-25)38-23-29(31-20-16-30(42)24-35(31)43)15-19-34(38)41-45-39(27-9-5-3-6-10-27)44-40(46-41)28-11-7-4-8-12-28/h3-24H,1-2H3. The van der Waals surface area contributed by atoms with Crippen molar-refractivity contribution in [2.45, 2.75) is 13.8 Å². The van der Waals surface area contributed by atoms with Crippen LogP contribution in [0.5, 0.6) is 0 Å². The van der Waals surface area contributed by atoms with E-state index in [0.717, 1.165) is 61.4 Å². The van der Waals surface area contributed by atoms with Gasteiger partial charge in [0, 0.05) is 39.1 Å². The summed E-state index contributed by atoms with van der Waals surface area (Å²) in [6.45, 7) is 4.14. The summed E-state index contributed by atoms with van der Waals surface area (Å²) in [6.07, 6.45) is 0. The summed E-state index contributed by atoms with van der Waals surface area (Å²) in [6, 6.07) is 41.9. The van der Waals surface area contributed by atoms with Crippen molar-refractivity contribution in [2.24, 2.45) is 0 Å². The molecule has 0 aliphatic carbocycles. The molecule has 0 fully saturated rings. The molecule has 0 aliphatic heterocycles. The first-order chi connectivity index (χ1) is 22.9. The normalized spacial score (nSPS) is 11.4. The van der Waals surface area contributed by atoms with Crippen LogP contribution >= 0.6 is 0 Å². The van der Waals surface area contributed by atoms with Gasteiger partial charge in [0.1, 0.15) is 11.6 Å². The fourth-order valence-electron chi connectivity index (χ4n) is 6.22. The first-order valence-corrected chi connectivity index (χ1v) is 15.4. The highest BCUT2D eigenvalue weighted by Gasteiger charge is 2.21. The zero-order valence-corrected chi connectivity index (χ0v) is 25.7. The van der Waals surface area contributed by atoms with E-state index in [0.29, 0.717) is 28.6 Å². The van der Waals surface area contributed by atoms with Gasteiger partial charge in [-0.25, -0.2) is 23.7 Å². The highest BCUT2D eigenvalue weighted by atomic mass is 19.1. The van der Waals surface area contributed by atoms with Gasteiger partial charge in [0.05, 0.1) is 16.7 Å². The van der Waals surface area contributed by atoms with Crippen molar-refractivity contribution in [1.82, 2.24) is 19.5 Å². The first-order valence-electron chi connectivity index (χ1n) is 15.4. The number of hydrogen-bond donors (Lipinski definition) is 0. The maximum absolute atomic E-state index is 15.2. The number of aryl methyl sites for hydroxylation is 2. The summed E-state index contributed by atoms with van der Waals surface area (Å²) in [4.78, 5) is 15.0. The molecule has 2 heterocycles. The fourth-order valence-corrected chi connectivity index (χ4v) is 6.22. The molecule has 4 nitrogen and oxygen atoms in total. The number of nitrogens with zero attached hydrogens (tertiary/aromatic N) is 4. The topological polar surface area (TPSA) is 43.6 Å². The number of halogens is 2. The van der Waals surface area contributed by atoms with Gasteiger partial charge in [0.25, 0.3) is 0 Å². The van der Waals surface area contributed by atoms with Crippen LogP contribution in [0.3, 0.4) is 0 Å². The molecule has 8 rings (SSSR count). The molecule has 6 aromatic carbocycles. The molecule has 0 unspecified atom stereocenters. The number of benzene rings is 6. The Balaban J connectivity index is 1.47. The van der Waals surface area contributed by atoms with Gasteiger partial charge in [-0.05, 0) is 66.9 Å². The van der Waals surface area contributed by atoms with E-state index in [9.17, 15) is 4.39 Å². The minimum atomic E-state index is -0.629. The third-order valence-corrected chi connectivity index (χ3v) is 8.50. The average Bonchev–Trinajstić information content (AvgIpc) is 3.40. The summed E-state index contributed by atoms with van der Waals surface area (Å²) in [7, 11) is 0. The maximum Gasteiger partial charge on any atom is 0.166 e. The zero-order valence-electron chi connectivity index (χ0n) is 25.7. The molecular weight excluding hydrogens is 586 g/mol. The molecule has 0 spiro atoms. The third kappa shape index (κ3) is 5.14. The minimum Gasteiger partial charge on any atom is -0.308 e. The predicted molar refractivity (Wildman–Crippen MR) is 185 cm³/mol. The molecule has 0 saturated heterocycles. The van der Waals surface area contributed by atoms with Gasteiger partial charge in [-0.1, -0.05) is 91.0 Å². The Morgan fingerprint density at radius 3 is 1.55 bits per heavy atom. The van der Waals surface area contributed by atoms with Gasteiger partial charge >= 0.3 is 0 Å². The van der Waals surface area contributed by atoms with E-state index in [-0.39, 0.29) is 0 Å². The van der Waals surface area contributed by atoms with Gasteiger partial charge in [-0.3, -0.25) is 0 Å². The number of aromatic nitrogens is 4. The number of hydrogen-bond acceptors (Lipinski definition) is 3. The summed E-state index contributed by atoms with van der Waals surface area (Å²) >= 11 is 0. The quantitative estimate of drug-likeness (QED) is 0.194. The van der Waals surface area contributed by atoms with Crippen molar-refractivity contribution in [3.05, 3.63) is 156 Å². The van der Waals surface area contributed by atoms with Crippen LogP contribution in [0.25, 0.3) is 72.8 Å². The smallest absolute Gasteiger partial charge is 0.166 e. The van der Waals surface area contributed by atoms with Crippen molar-refractivity contribution in [3.8, 4) is 51.0 Å². The van der Waals surface area contributed by atoms with E-state index >= 15 is 4.39 Å². The second kappa shape index (κ2) is 11.4. The monoisotopic (exact) mass is 614 g/mol. The SMILES string of the molecule is Cc1ccc2c3ccc(C)cc3n(-c3cc(-c4ccc(F)cc4F)ccc3-c3nc(-c4ccccc4)nc(-c4ccccc4)n3)c2c1. The summed E-state index contributed by atoms with van der Waals surface area (Å²) < 4.78 is 31.4. The zero-order chi connectivity index (χ0) is 32.1. The van der Waals surface area contributed by atoms with Crippen LogP contribution in [0, 0.1) is 25.5 Å². The van der Waals surface area contributed by atoms with Gasteiger partial charge in [-0.15, -0.1) is 0 Å². The molecule has 0 saturated carbocycles. The molecular formula is C41H28F2N4. The van der Waals surface area contributed by atoms with Gasteiger partial charge < -0.3 is 4.57 Å². The molecule has 2 aromatic heterocycles. The molecule has 0 N–H and O–H groups in total. The lowest BCUT2D eigenvalue weighted by molar-refractivity contribution is 0.585. The number of rotatable bonds is 5. The Kier molecular flexibility index (Phi) is 6.91. The average molecular weight is 615 g/mol. The van der Waals surface area contributed by atoms with Gasteiger partial charge in [0.15, 0.2) is 17.5 Å². The molecule has 0 bridgehead atoms. The van der Waals surface area contributed by atoms with E-state index in [2.05, 4.69) is 54.8 Å². The van der Waals surface area contributed by atoms with Gasteiger partial charge in [0.2, 0.25) is 0 Å². The van der Waals surface area contributed by atoms with E-state index < -0.39 is 11.6 Å². The molecule has 0 radical (unpaired) electrons. The van der Waals surface area contributed by atoms with Crippen molar-refractivity contribution in [2.75, 3.05) is 0 Å². The van der Waals surface area contributed by atoms with Crippen LogP contribution < -0.4 is 0 Å². The number of fused-ring (bicyclic) bond motifs is 3. The molecule has 0 atom stereocenters. The maximum atomic E-state index is 15.2. The Labute approximate surface area is 270 Å². The lowest BCUT2D eigenvalue weighted by Crippen LogP contribution is -2.04. The Bertz CT molecular complexity index is 2330. The van der Waals surface area contributed by atoms with Crippen molar-refractivity contribution >= 4 is 21.8 Å². The Morgan fingerprint density at radius 1 is 0.468 bits per heavy atom. The second-order valence-corrected chi connectivity index (χ2v) is 11.8. The first kappa shape index (κ1) is 28.5. The Hall–Kier alpha value is -6.01. The lowest BCUT2D eigenvalue weighted by Gasteiger charge is -2.17. The Morgan fingerprint density at radius 2 is 1.00 bits per heavy atom. The lowest BCUT2D eigenvalue weighted by atomic mass is 10.0. The van der Waals surface area contributed by atoms with Crippen LogP contribution in [0.1, 0.15) is 11.1 Å². The largest absolute Gasteiger partial charge is 0.308 e. The van der Waals surface area contributed by atoms with E-state index in [1.165, 1.54) is 12.1 Å². The molecule has 226 valence electrons. The fraction of sp³-hybridized carbons (Fsp3) is 0.0488. The second-order valence-electron chi connectivity index (χ2n) is 11.8. The molecule has 6 heteroatoms. The van der Waals surface area contributed by atoms with Crippen molar-refractivity contribution < 1.29 is 8.78 Å². The van der Waals surface area contributed by atoms with Crippen molar-refractivity contribution in [3.63, 3.8) is 0 Å². The van der Waals surface area contributed by atoms with Crippen LogP contribution in [0.2, 0.25) is 0 Å². The minimum absolute atomic E-state index is 0.304. The van der Waals surface area contributed by atoms with E-state index in [4.69, 9.17) is 15.0 Å². The van der Waals surface area contributed by atoms with E-state index in [1.54, 1.807) is 0 Å². The van der Waals surface area contributed by atoms with Crippen molar-refractivity contribution in [1.29, 1.82) is 0 Å². The summed E-state index contributed by atoms with van der Waals surface area (Å²) in [5, 5.41) is 2.20. The van der Waals surface area contributed by atoms with Crippen LogP contribution in [-0.2, 0) is 0 Å². The van der Waals surface area contributed by atoms with Crippen LogP contribution in [-0.4, -0.2) is 19.5 Å². The molecule has 47 heavy (non-hydrogen) atoms. The molecule has 8 aromatic rings. The summed E-state index contributed by atoms with van der Waals surface area (Å²) in [5.41, 5.74) is 8.38. The predicted octanol–water partition coefficient (Wildman–Crippen LogP) is 10.5. The third-order valence-electron chi connectivity index (χ3n) is 8.50. The highest BCUT2D eigenvalue weighted by molar-refractivity contribution is 6.10. The molecule has 0 aliphatic rings. The van der Waals surface area contributed by atoms with Crippen LogP contribution in [0.4, 0.5) is 8.78 Å². The van der Waals surface area contributed by atoms with E-state index in [1.807, 2.05) is 78.9 Å². The van der Waals surface area contributed by atoms with Gasteiger partial charge in [-0.2, -0.15) is 0 Å². The molecule has 0 amide bonds. The summed E-state index contributed by atoms with van der Waals surface area (Å²) in [5.74, 6) is 0.319.